The number of anilines is 1. The van der Waals surface area contributed by atoms with Crippen LogP contribution in [0.4, 0.5) is 5.82 Å². The number of para-hydroxylation sites is 1. The Hall–Kier alpha value is -2.79. The van der Waals surface area contributed by atoms with Crippen molar-refractivity contribution in [3.8, 4) is 5.75 Å². The first-order valence-corrected chi connectivity index (χ1v) is 10.7. The molecule has 0 unspecified atom stereocenters. The number of fused-ring (bicyclic) bond motifs is 1. The highest BCUT2D eigenvalue weighted by atomic mass is 35.5. The van der Waals surface area contributed by atoms with E-state index in [1.165, 1.54) is 0 Å². The number of aromatic nitrogens is 1. The molecule has 3 aromatic rings. The molecule has 1 fully saturated rings. The Labute approximate surface area is 181 Å². The van der Waals surface area contributed by atoms with Gasteiger partial charge in [0.2, 0.25) is 5.91 Å². The van der Waals surface area contributed by atoms with Crippen molar-refractivity contribution in [1.29, 1.82) is 0 Å². The standard InChI is InChI=1S/C24H26ClN3O2/c1-16(19-7-3-4-8-20(19)25)27(2)24(30)18-12-14-28(15-13-18)22-11-10-17-6-5-9-21(29)23(17)26-22/h3-11,16,18,29H,12-15H2,1-2H3/t16-/m0/s1. The molecular formula is C24H26ClN3O2. The molecule has 4 rings (SSSR count). The number of phenolic OH excluding ortho intramolecular Hbond substituents is 1. The van der Waals surface area contributed by atoms with Crippen LogP contribution in [0.1, 0.15) is 31.4 Å². The number of phenols is 1. The number of aromatic hydroxyl groups is 1. The maximum atomic E-state index is 13.1. The fourth-order valence-corrected chi connectivity index (χ4v) is 4.45. The number of hydrogen-bond acceptors (Lipinski definition) is 4. The number of amides is 1. The average Bonchev–Trinajstić information content (AvgIpc) is 2.78. The van der Waals surface area contributed by atoms with Crippen molar-refractivity contribution in [2.75, 3.05) is 25.0 Å². The third-order valence-electron chi connectivity index (χ3n) is 6.14. The molecular weight excluding hydrogens is 398 g/mol. The number of carbonyl (C=O) groups excluding carboxylic acids is 1. The summed E-state index contributed by atoms with van der Waals surface area (Å²) in [5.41, 5.74) is 1.58. The summed E-state index contributed by atoms with van der Waals surface area (Å²) in [5.74, 6) is 1.18. The maximum Gasteiger partial charge on any atom is 0.226 e. The number of hydrogen-bond donors (Lipinski definition) is 1. The zero-order chi connectivity index (χ0) is 21.3. The van der Waals surface area contributed by atoms with Crippen molar-refractivity contribution in [1.82, 2.24) is 9.88 Å². The fraction of sp³-hybridized carbons (Fsp3) is 0.333. The van der Waals surface area contributed by atoms with Crippen LogP contribution in [0.25, 0.3) is 10.9 Å². The monoisotopic (exact) mass is 423 g/mol. The number of rotatable bonds is 4. The Morgan fingerprint density at radius 2 is 1.87 bits per heavy atom. The van der Waals surface area contributed by atoms with Crippen molar-refractivity contribution in [2.24, 2.45) is 5.92 Å². The summed E-state index contributed by atoms with van der Waals surface area (Å²) >= 11 is 6.32. The lowest BCUT2D eigenvalue weighted by atomic mass is 9.94. The van der Waals surface area contributed by atoms with E-state index >= 15 is 0 Å². The van der Waals surface area contributed by atoms with Gasteiger partial charge in [0.25, 0.3) is 0 Å². The van der Waals surface area contributed by atoms with E-state index in [0.29, 0.717) is 10.5 Å². The van der Waals surface area contributed by atoms with Gasteiger partial charge < -0.3 is 14.9 Å². The highest BCUT2D eigenvalue weighted by molar-refractivity contribution is 6.31. The Morgan fingerprint density at radius 3 is 2.60 bits per heavy atom. The van der Waals surface area contributed by atoms with E-state index in [1.54, 1.807) is 6.07 Å². The predicted molar refractivity (Wildman–Crippen MR) is 121 cm³/mol. The van der Waals surface area contributed by atoms with Gasteiger partial charge in [-0.3, -0.25) is 4.79 Å². The molecule has 1 amide bonds. The quantitative estimate of drug-likeness (QED) is 0.639. The second kappa shape index (κ2) is 8.52. The molecule has 2 heterocycles. The molecule has 1 aliphatic heterocycles. The Bertz CT molecular complexity index is 1060. The van der Waals surface area contributed by atoms with Crippen LogP contribution >= 0.6 is 11.6 Å². The molecule has 30 heavy (non-hydrogen) atoms. The summed E-state index contributed by atoms with van der Waals surface area (Å²) in [6.45, 7) is 3.54. The van der Waals surface area contributed by atoms with E-state index in [0.717, 1.165) is 42.7 Å². The van der Waals surface area contributed by atoms with Gasteiger partial charge in [-0.1, -0.05) is 41.9 Å². The van der Waals surface area contributed by atoms with Gasteiger partial charge in [-0.2, -0.15) is 0 Å². The van der Waals surface area contributed by atoms with E-state index in [4.69, 9.17) is 11.6 Å². The molecule has 6 heteroatoms. The van der Waals surface area contributed by atoms with Gasteiger partial charge in [-0.15, -0.1) is 0 Å². The van der Waals surface area contributed by atoms with Crippen LogP contribution in [0.3, 0.4) is 0 Å². The Morgan fingerprint density at radius 1 is 1.13 bits per heavy atom. The zero-order valence-electron chi connectivity index (χ0n) is 17.3. The molecule has 1 atom stereocenters. The SMILES string of the molecule is C[C@@H](c1ccccc1Cl)N(C)C(=O)C1CCN(c2ccc3cccc(O)c3n2)CC1. The number of benzene rings is 2. The molecule has 2 aromatic carbocycles. The molecule has 0 bridgehead atoms. The van der Waals surface area contributed by atoms with Gasteiger partial charge in [0.05, 0.1) is 6.04 Å². The first kappa shape index (κ1) is 20.5. The first-order chi connectivity index (χ1) is 14.5. The van der Waals surface area contributed by atoms with Crippen LogP contribution in [-0.2, 0) is 4.79 Å². The molecule has 0 radical (unpaired) electrons. The van der Waals surface area contributed by atoms with Gasteiger partial charge >= 0.3 is 0 Å². The van der Waals surface area contributed by atoms with Gasteiger partial charge in [0.15, 0.2) is 0 Å². The van der Waals surface area contributed by atoms with E-state index < -0.39 is 0 Å². The summed E-state index contributed by atoms with van der Waals surface area (Å²) in [7, 11) is 1.86. The van der Waals surface area contributed by atoms with E-state index in [-0.39, 0.29) is 23.6 Å². The van der Waals surface area contributed by atoms with Crippen molar-refractivity contribution in [3.05, 3.63) is 65.2 Å². The zero-order valence-corrected chi connectivity index (χ0v) is 18.0. The molecule has 1 aromatic heterocycles. The van der Waals surface area contributed by atoms with Crippen LogP contribution < -0.4 is 4.90 Å². The minimum Gasteiger partial charge on any atom is -0.506 e. The summed E-state index contributed by atoms with van der Waals surface area (Å²) in [6, 6.07) is 17.0. The second-order valence-electron chi connectivity index (χ2n) is 7.93. The van der Waals surface area contributed by atoms with E-state index in [9.17, 15) is 9.90 Å². The molecule has 0 saturated carbocycles. The topological polar surface area (TPSA) is 56.7 Å². The predicted octanol–water partition coefficient (Wildman–Crippen LogP) is 5.03. The minimum atomic E-state index is -0.0747. The summed E-state index contributed by atoms with van der Waals surface area (Å²) in [4.78, 5) is 21.8. The maximum absolute atomic E-state index is 13.1. The van der Waals surface area contributed by atoms with Crippen molar-refractivity contribution in [2.45, 2.75) is 25.8 Å². The highest BCUT2D eigenvalue weighted by Crippen LogP contribution is 2.31. The summed E-state index contributed by atoms with van der Waals surface area (Å²) in [5, 5.41) is 11.7. The van der Waals surface area contributed by atoms with Gasteiger partial charge in [0, 0.05) is 36.5 Å². The normalized spacial score (nSPS) is 15.9. The molecule has 0 aliphatic carbocycles. The molecule has 1 saturated heterocycles. The Balaban J connectivity index is 1.42. The smallest absolute Gasteiger partial charge is 0.226 e. The third kappa shape index (κ3) is 3.94. The van der Waals surface area contributed by atoms with Gasteiger partial charge in [-0.05, 0) is 49.6 Å². The largest absolute Gasteiger partial charge is 0.506 e. The van der Waals surface area contributed by atoms with Crippen LogP contribution in [0, 0.1) is 5.92 Å². The number of carbonyl (C=O) groups is 1. The molecule has 1 aliphatic rings. The average molecular weight is 424 g/mol. The van der Waals surface area contributed by atoms with Crippen LogP contribution in [0.5, 0.6) is 5.75 Å². The number of piperidine rings is 1. The molecule has 1 N–H and O–H groups in total. The fourth-order valence-electron chi connectivity index (χ4n) is 4.15. The molecule has 0 spiro atoms. The van der Waals surface area contributed by atoms with E-state index in [1.807, 2.05) is 67.4 Å². The second-order valence-corrected chi connectivity index (χ2v) is 8.33. The van der Waals surface area contributed by atoms with E-state index in [2.05, 4.69) is 9.88 Å². The van der Waals surface area contributed by atoms with Gasteiger partial charge in [0.1, 0.15) is 17.1 Å². The summed E-state index contributed by atoms with van der Waals surface area (Å²) in [6.07, 6.45) is 1.55. The summed E-state index contributed by atoms with van der Waals surface area (Å²) < 4.78 is 0. The lowest BCUT2D eigenvalue weighted by Crippen LogP contribution is -2.42. The Kier molecular flexibility index (Phi) is 5.82. The first-order valence-electron chi connectivity index (χ1n) is 10.3. The number of pyridine rings is 1. The number of nitrogens with zero attached hydrogens (tertiary/aromatic N) is 3. The molecule has 156 valence electrons. The van der Waals surface area contributed by atoms with Crippen LogP contribution in [0.15, 0.2) is 54.6 Å². The highest BCUT2D eigenvalue weighted by Gasteiger charge is 2.30. The molecule has 5 nitrogen and oxygen atoms in total. The van der Waals surface area contributed by atoms with Crippen molar-refractivity contribution < 1.29 is 9.90 Å². The lowest BCUT2D eigenvalue weighted by molar-refractivity contribution is -0.136. The van der Waals surface area contributed by atoms with Crippen molar-refractivity contribution in [3.63, 3.8) is 0 Å². The van der Waals surface area contributed by atoms with Crippen LogP contribution in [-0.4, -0.2) is 41.0 Å². The van der Waals surface area contributed by atoms with Gasteiger partial charge in [-0.25, -0.2) is 4.98 Å². The third-order valence-corrected chi connectivity index (χ3v) is 6.48. The van der Waals surface area contributed by atoms with Crippen LogP contribution in [0.2, 0.25) is 5.02 Å². The lowest BCUT2D eigenvalue weighted by Gasteiger charge is -2.35. The number of halogens is 1. The van der Waals surface area contributed by atoms with Crippen molar-refractivity contribution >= 4 is 34.2 Å². The minimum absolute atomic E-state index is 0.00922.